The van der Waals surface area contributed by atoms with E-state index >= 15 is 0 Å². The van der Waals surface area contributed by atoms with Crippen molar-refractivity contribution in [3.8, 4) is 55.6 Å². The Labute approximate surface area is 368 Å². The van der Waals surface area contributed by atoms with E-state index in [1.54, 1.807) is 0 Å². The third-order valence-electron chi connectivity index (χ3n) is 13.3. The van der Waals surface area contributed by atoms with Crippen LogP contribution in [0.4, 0.5) is 17.1 Å². The third-order valence-corrected chi connectivity index (χ3v) is 13.3. The van der Waals surface area contributed by atoms with E-state index < -0.39 is 0 Å². The minimum Gasteiger partial charge on any atom is -0.456 e. The molecule has 1 aromatic heterocycles. The summed E-state index contributed by atoms with van der Waals surface area (Å²) in [6.07, 6.45) is 0. The topological polar surface area (TPSA) is 16.4 Å². The van der Waals surface area contributed by atoms with Gasteiger partial charge in [-0.05, 0) is 144 Å². The molecule has 0 amide bonds. The zero-order valence-electron chi connectivity index (χ0n) is 35.2. The molecule has 0 atom stereocenters. The molecule has 0 saturated carbocycles. The van der Waals surface area contributed by atoms with Crippen LogP contribution in [0.3, 0.4) is 0 Å². The van der Waals surface area contributed by atoms with Crippen molar-refractivity contribution in [3.05, 3.63) is 236 Å². The second-order valence-corrected chi connectivity index (χ2v) is 17.3. The van der Waals surface area contributed by atoms with Gasteiger partial charge >= 0.3 is 0 Å². The summed E-state index contributed by atoms with van der Waals surface area (Å²) in [4.78, 5) is 2.36. The lowest BCUT2D eigenvalue weighted by Gasteiger charge is -2.26. The first kappa shape index (κ1) is 36.9. The average Bonchev–Trinajstić information content (AvgIpc) is 3.83. The van der Waals surface area contributed by atoms with Gasteiger partial charge in [-0.1, -0.05) is 172 Å². The molecule has 0 aliphatic heterocycles. The summed E-state index contributed by atoms with van der Waals surface area (Å²) in [7, 11) is 0. The maximum absolute atomic E-state index is 6.14. The molecular formula is C61H43NO. The summed E-state index contributed by atoms with van der Waals surface area (Å²) in [5, 5.41) is 4.79. The van der Waals surface area contributed by atoms with E-state index in [-0.39, 0.29) is 5.41 Å². The van der Waals surface area contributed by atoms with Crippen molar-refractivity contribution in [2.45, 2.75) is 19.3 Å². The van der Waals surface area contributed by atoms with Crippen molar-refractivity contribution >= 4 is 49.8 Å². The van der Waals surface area contributed by atoms with E-state index in [0.29, 0.717) is 0 Å². The van der Waals surface area contributed by atoms with Crippen molar-refractivity contribution in [1.29, 1.82) is 0 Å². The van der Waals surface area contributed by atoms with Crippen LogP contribution in [-0.2, 0) is 5.41 Å². The minimum absolute atomic E-state index is 0.0493. The molecule has 2 nitrogen and oxygen atoms in total. The summed E-state index contributed by atoms with van der Waals surface area (Å²) < 4.78 is 6.14. The molecule has 1 aliphatic carbocycles. The highest BCUT2D eigenvalue weighted by Crippen LogP contribution is 2.50. The first-order valence-corrected chi connectivity index (χ1v) is 21.8. The number of benzene rings is 10. The number of hydrogen-bond donors (Lipinski definition) is 0. The average molecular weight is 806 g/mol. The van der Waals surface area contributed by atoms with E-state index in [1.807, 2.05) is 12.1 Å². The lowest BCUT2D eigenvalue weighted by Crippen LogP contribution is -2.14. The fourth-order valence-electron chi connectivity index (χ4n) is 9.99. The van der Waals surface area contributed by atoms with Crippen molar-refractivity contribution < 1.29 is 4.42 Å². The molecule has 0 fully saturated rings. The summed E-state index contributed by atoms with van der Waals surface area (Å²) in [6.45, 7) is 4.69. The molecular weight excluding hydrogens is 763 g/mol. The van der Waals surface area contributed by atoms with Crippen LogP contribution in [0.25, 0.3) is 88.3 Å². The molecule has 0 saturated heterocycles. The van der Waals surface area contributed by atoms with Gasteiger partial charge in [-0.2, -0.15) is 0 Å². The van der Waals surface area contributed by atoms with Crippen molar-refractivity contribution in [1.82, 2.24) is 0 Å². The largest absolute Gasteiger partial charge is 0.456 e. The smallest absolute Gasteiger partial charge is 0.135 e. The van der Waals surface area contributed by atoms with Gasteiger partial charge < -0.3 is 9.32 Å². The Hall–Kier alpha value is -7.94. The maximum atomic E-state index is 6.14. The Balaban J connectivity index is 0.905. The van der Waals surface area contributed by atoms with Gasteiger partial charge in [-0.25, -0.2) is 0 Å². The SMILES string of the molecule is CC1(C)c2ccccc2-c2ccc(-c3ccc(N(c4ccc(-c5cccc(-c6cccc7ccccc67)c5)cc4)c4ccc(-c5ccc6oc7ccccc7c6c5)cc4)cc3)cc21. The first-order chi connectivity index (χ1) is 31.0. The van der Waals surface area contributed by atoms with Gasteiger partial charge in [0.1, 0.15) is 11.2 Å². The number of rotatable bonds is 7. The van der Waals surface area contributed by atoms with Crippen LogP contribution in [0, 0.1) is 0 Å². The molecule has 10 aromatic carbocycles. The van der Waals surface area contributed by atoms with Crippen LogP contribution in [0.15, 0.2) is 229 Å². The van der Waals surface area contributed by atoms with Crippen molar-refractivity contribution in [2.75, 3.05) is 4.90 Å². The molecule has 0 radical (unpaired) electrons. The van der Waals surface area contributed by atoms with E-state index in [4.69, 9.17) is 4.42 Å². The van der Waals surface area contributed by atoms with Crippen LogP contribution in [0.2, 0.25) is 0 Å². The quantitative estimate of drug-likeness (QED) is 0.160. The zero-order valence-corrected chi connectivity index (χ0v) is 35.2. The number of fused-ring (bicyclic) bond motifs is 7. The van der Waals surface area contributed by atoms with Gasteiger partial charge in [0.15, 0.2) is 0 Å². The normalized spacial score (nSPS) is 12.7. The van der Waals surface area contributed by atoms with Crippen LogP contribution in [0.1, 0.15) is 25.0 Å². The molecule has 0 spiro atoms. The third kappa shape index (κ3) is 6.25. The first-order valence-electron chi connectivity index (χ1n) is 21.8. The van der Waals surface area contributed by atoms with Gasteiger partial charge in [0.05, 0.1) is 0 Å². The molecule has 1 aliphatic rings. The summed E-state index contributed by atoms with van der Waals surface area (Å²) in [5.74, 6) is 0. The molecule has 0 unspecified atom stereocenters. The molecule has 2 heteroatoms. The molecule has 12 rings (SSSR count). The molecule has 63 heavy (non-hydrogen) atoms. The van der Waals surface area contributed by atoms with Gasteiger partial charge in [0.25, 0.3) is 0 Å². The van der Waals surface area contributed by atoms with Crippen LogP contribution < -0.4 is 4.90 Å². The monoisotopic (exact) mass is 805 g/mol. The van der Waals surface area contributed by atoms with Crippen molar-refractivity contribution in [3.63, 3.8) is 0 Å². The maximum Gasteiger partial charge on any atom is 0.135 e. The number of para-hydroxylation sites is 1. The van der Waals surface area contributed by atoms with E-state index in [9.17, 15) is 0 Å². The Kier molecular flexibility index (Phi) is 8.55. The standard InChI is InChI=1S/C61H43NO/c1-61(2)57-19-7-5-16-53(57)54-35-27-46(39-58(54)61)42-25-33-50(34-26-42)62(49-31-23-41(24-32-49)45-28-36-60-56(38-45)55-17-6-8-20-59(55)63-60)48-29-21-40(22-30-48)44-13-9-14-47(37-44)52-18-10-12-43-11-3-4-15-51(43)52/h3-39H,1-2H3. The highest BCUT2D eigenvalue weighted by atomic mass is 16.3. The van der Waals surface area contributed by atoms with E-state index in [1.165, 1.54) is 66.4 Å². The lowest BCUT2D eigenvalue weighted by molar-refractivity contribution is 0.660. The number of nitrogens with zero attached hydrogens (tertiary/aromatic N) is 1. The number of hydrogen-bond acceptors (Lipinski definition) is 2. The van der Waals surface area contributed by atoms with Crippen LogP contribution in [0.5, 0.6) is 0 Å². The summed E-state index contributed by atoms with van der Waals surface area (Å²) in [5.41, 5.74) is 20.1. The molecule has 1 heterocycles. The van der Waals surface area contributed by atoms with Gasteiger partial charge in [-0.15, -0.1) is 0 Å². The van der Waals surface area contributed by atoms with E-state index in [0.717, 1.165) is 50.1 Å². The van der Waals surface area contributed by atoms with Gasteiger partial charge in [0.2, 0.25) is 0 Å². The van der Waals surface area contributed by atoms with E-state index in [2.05, 4.69) is 231 Å². The Morgan fingerprint density at radius 3 is 1.54 bits per heavy atom. The minimum atomic E-state index is -0.0493. The fraction of sp³-hybridized carbons (Fsp3) is 0.0492. The number of anilines is 3. The lowest BCUT2D eigenvalue weighted by atomic mass is 9.81. The highest BCUT2D eigenvalue weighted by Gasteiger charge is 2.35. The molecule has 0 bridgehead atoms. The Morgan fingerprint density at radius 2 is 0.810 bits per heavy atom. The predicted molar refractivity (Wildman–Crippen MR) is 265 cm³/mol. The van der Waals surface area contributed by atoms with Crippen molar-refractivity contribution in [2.24, 2.45) is 0 Å². The van der Waals surface area contributed by atoms with Gasteiger partial charge in [-0.3, -0.25) is 0 Å². The molecule has 298 valence electrons. The Morgan fingerprint density at radius 1 is 0.317 bits per heavy atom. The Bertz CT molecular complexity index is 3510. The fourth-order valence-corrected chi connectivity index (χ4v) is 9.99. The van der Waals surface area contributed by atoms with Crippen LogP contribution >= 0.6 is 0 Å². The molecule has 0 N–H and O–H groups in total. The highest BCUT2D eigenvalue weighted by molar-refractivity contribution is 6.06. The van der Waals surface area contributed by atoms with Gasteiger partial charge in [0, 0.05) is 33.2 Å². The predicted octanol–water partition coefficient (Wildman–Crippen LogP) is 17.2. The summed E-state index contributed by atoms with van der Waals surface area (Å²) in [6, 6.07) is 81.7. The van der Waals surface area contributed by atoms with Crippen LogP contribution in [-0.4, -0.2) is 0 Å². The molecule has 11 aromatic rings. The summed E-state index contributed by atoms with van der Waals surface area (Å²) >= 11 is 0. The second kappa shape index (κ2) is 14.6. The number of furan rings is 1. The zero-order chi connectivity index (χ0) is 42.1. The second-order valence-electron chi connectivity index (χ2n) is 17.3.